The van der Waals surface area contributed by atoms with Crippen molar-refractivity contribution in [1.29, 1.82) is 0 Å². The Bertz CT molecular complexity index is 586. The Morgan fingerprint density at radius 2 is 1.95 bits per heavy atom. The van der Waals surface area contributed by atoms with Crippen LogP contribution in [0, 0.1) is 0 Å². The lowest BCUT2D eigenvalue weighted by Crippen LogP contribution is -2.17. The summed E-state index contributed by atoms with van der Waals surface area (Å²) in [6.07, 6.45) is 0.855. The Labute approximate surface area is 133 Å². The minimum absolute atomic E-state index is 0.641. The summed E-state index contributed by atoms with van der Waals surface area (Å²) >= 11 is 9.95. The normalized spacial score (nSPS) is 10.6. The van der Waals surface area contributed by atoms with E-state index in [2.05, 4.69) is 45.1 Å². The van der Waals surface area contributed by atoms with E-state index in [4.69, 9.17) is 17.3 Å². The van der Waals surface area contributed by atoms with E-state index >= 15 is 0 Å². The molecule has 2 aromatic rings. The molecule has 0 amide bonds. The van der Waals surface area contributed by atoms with E-state index in [1.165, 1.54) is 11.1 Å². The van der Waals surface area contributed by atoms with E-state index in [9.17, 15) is 0 Å². The molecule has 0 bridgehead atoms. The number of anilines is 1. The van der Waals surface area contributed by atoms with Crippen LogP contribution < -0.4 is 10.6 Å². The molecule has 0 radical (unpaired) electrons. The number of rotatable bonds is 5. The molecule has 2 nitrogen and oxygen atoms in total. The highest BCUT2D eigenvalue weighted by molar-refractivity contribution is 9.10. The topological polar surface area (TPSA) is 29.3 Å². The van der Waals surface area contributed by atoms with Crippen LogP contribution in [0.4, 0.5) is 5.69 Å². The van der Waals surface area contributed by atoms with Gasteiger partial charge in [-0.25, -0.2) is 0 Å². The lowest BCUT2D eigenvalue weighted by molar-refractivity contribution is 0.915. The summed E-state index contributed by atoms with van der Waals surface area (Å²) in [6, 6.07) is 14.4. The maximum atomic E-state index is 6.37. The van der Waals surface area contributed by atoms with Crippen molar-refractivity contribution in [2.75, 3.05) is 18.5 Å². The molecule has 2 rings (SSSR count). The summed E-state index contributed by atoms with van der Waals surface area (Å²) < 4.78 is 1.11. The van der Waals surface area contributed by atoms with Crippen molar-refractivity contribution in [2.45, 2.75) is 13.0 Å². The van der Waals surface area contributed by atoms with Crippen LogP contribution in [0.15, 0.2) is 46.9 Å². The minimum Gasteiger partial charge on any atom is -0.369 e. The molecule has 0 heterocycles. The van der Waals surface area contributed by atoms with Crippen LogP contribution >= 0.6 is 27.5 Å². The number of hydrogen-bond donors (Lipinski definition) is 1. The van der Waals surface area contributed by atoms with Gasteiger partial charge in [-0.3, -0.25) is 0 Å². The molecular weight excluding hydrogens is 336 g/mol. The highest BCUT2D eigenvalue weighted by Crippen LogP contribution is 2.28. The molecule has 0 unspecified atom stereocenters. The van der Waals surface area contributed by atoms with E-state index in [0.717, 1.165) is 28.1 Å². The molecule has 0 spiro atoms. The first-order valence-electron chi connectivity index (χ1n) is 6.55. The molecular formula is C16H18BrClN2. The summed E-state index contributed by atoms with van der Waals surface area (Å²) in [5.41, 5.74) is 9.01. The van der Waals surface area contributed by atoms with Gasteiger partial charge in [0.25, 0.3) is 0 Å². The molecule has 0 aliphatic heterocycles. The van der Waals surface area contributed by atoms with Gasteiger partial charge in [-0.05, 0) is 42.3 Å². The van der Waals surface area contributed by atoms with Gasteiger partial charge in [0.1, 0.15) is 0 Å². The summed E-state index contributed by atoms with van der Waals surface area (Å²) in [7, 11) is 2.04. The van der Waals surface area contributed by atoms with Crippen LogP contribution in [0.5, 0.6) is 0 Å². The van der Waals surface area contributed by atoms with E-state index < -0.39 is 0 Å². The number of hydrogen-bond acceptors (Lipinski definition) is 2. The molecule has 0 atom stereocenters. The molecule has 0 aromatic heterocycles. The van der Waals surface area contributed by atoms with Gasteiger partial charge in [0.05, 0.1) is 10.7 Å². The number of benzene rings is 2. The predicted octanol–water partition coefficient (Wildman–Crippen LogP) is 4.24. The fraction of sp³-hybridized carbons (Fsp3) is 0.250. The van der Waals surface area contributed by atoms with E-state index in [0.29, 0.717) is 6.54 Å². The molecule has 0 aliphatic rings. The summed E-state index contributed by atoms with van der Waals surface area (Å²) in [5, 5.41) is 0.769. The van der Waals surface area contributed by atoms with Crippen LogP contribution in [0.2, 0.25) is 5.02 Å². The lowest BCUT2D eigenvalue weighted by atomic mass is 10.1. The summed E-state index contributed by atoms with van der Waals surface area (Å²) in [5.74, 6) is 0. The lowest BCUT2D eigenvalue weighted by Gasteiger charge is -2.22. The maximum Gasteiger partial charge on any atom is 0.0642 e. The molecule has 106 valence electrons. The minimum atomic E-state index is 0.641. The first-order chi connectivity index (χ1) is 9.61. The maximum absolute atomic E-state index is 6.37. The highest BCUT2D eigenvalue weighted by Gasteiger charge is 2.09. The van der Waals surface area contributed by atoms with Crippen LogP contribution in [0.3, 0.4) is 0 Å². The highest BCUT2D eigenvalue weighted by atomic mass is 79.9. The van der Waals surface area contributed by atoms with Gasteiger partial charge in [-0.1, -0.05) is 51.8 Å². The fourth-order valence-corrected chi connectivity index (χ4v) is 2.91. The zero-order valence-corrected chi connectivity index (χ0v) is 13.8. The number of nitrogens with two attached hydrogens (primary N) is 1. The Kier molecular flexibility index (Phi) is 5.46. The molecule has 4 heteroatoms. The van der Waals surface area contributed by atoms with Gasteiger partial charge in [0.15, 0.2) is 0 Å². The van der Waals surface area contributed by atoms with Crippen molar-refractivity contribution in [2.24, 2.45) is 5.73 Å². The second kappa shape index (κ2) is 7.11. The van der Waals surface area contributed by atoms with E-state index in [-0.39, 0.29) is 0 Å². The van der Waals surface area contributed by atoms with E-state index in [1.54, 1.807) is 0 Å². The molecule has 2 N–H and O–H groups in total. The van der Waals surface area contributed by atoms with Crippen molar-refractivity contribution in [3.8, 4) is 0 Å². The third kappa shape index (κ3) is 3.75. The molecule has 20 heavy (non-hydrogen) atoms. The van der Waals surface area contributed by atoms with Crippen molar-refractivity contribution in [3.05, 3.63) is 63.1 Å². The van der Waals surface area contributed by atoms with Gasteiger partial charge >= 0.3 is 0 Å². The molecule has 0 aliphatic carbocycles. The van der Waals surface area contributed by atoms with Gasteiger partial charge in [0, 0.05) is 18.1 Å². The van der Waals surface area contributed by atoms with Gasteiger partial charge < -0.3 is 10.6 Å². The third-order valence-electron chi connectivity index (χ3n) is 3.22. The van der Waals surface area contributed by atoms with Crippen molar-refractivity contribution >= 4 is 33.2 Å². The first-order valence-corrected chi connectivity index (χ1v) is 7.72. The number of nitrogens with zero attached hydrogens (tertiary/aromatic N) is 1. The Balaban J connectivity index is 2.17. The third-order valence-corrected chi connectivity index (χ3v) is 4.30. The SMILES string of the molecule is CN(Cc1ccccc1Br)c1ccc(CCN)cc1Cl. The van der Waals surface area contributed by atoms with E-state index in [1.807, 2.05) is 25.2 Å². The molecule has 0 fully saturated rings. The second-order valence-electron chi connectivity index (χ2n) is 4.77. The molecule has 0 saturated carbocycles. The van der Waals surface area contributed by atoms with Gasteiger partial charge in [-0.2, -0.15) is 0 Å². The fourth-order valence-electron chi connectivity index (χ4n) is 2.15. The van der Waals surface area contributed by atoms with Crippen LogP contribution in [-0.2, 0) is 13.0 Å². The zero-order chi connectivity index (χ0) is 14.5. The summed E-state index contributed by atoms with van der Waals surface area (Å²) in [6.45, 7) is 1.44. The Morgan fingerprint density at radius 3 is 2.60 bits per heavy atom. The van der Waals surface area contributed by atoms with Gasteiger partial charge in [-0.15, -0.1) is 0 Å². The average Bonchev–Trinajstić information content (AvgIpc) is 2.42. The molecule has 2 aromatic carbocycles. The average molecular weight is 354 g/mol. The van der Waals surface area contributed by atoms with Crippen LogP contribution in [0.1, 0.15) is 11.1 Å². The zero-order valence-electron chi connectivity index (χ0n) is 11.4. The predicted molar refractivity (Wildman–Crippen MR) is 90.5 cm³/mol. The smallest absolute Gasteiger partial charge is 0.0642 e. The standard InChI is InChI=1S/C16H18BrClN2/c1-20(11-13-4-2-3-5-14(13)17)16-7-6-12(8-9-19)10-15(16)18/h2-7,10H,8-9,11,19H2,1H3. The molecule has 0 saturated heterocycles. The van der Waals surface area contributed by atoms with Crippen LogP contribution in [-0.4, -0.2) is 13.6 Å². The van der Waals surface area contributed by atoms with Crippen LogP contribution in [0.25, 0.3) is 0 Å². The quantitative estimate of drug-likeness (QED) is 0.871. The largest absolute Gasteiger partial charge is 0.369 e. The van der Waals surface area contributed by atoms with Crippen molar-refractivity contribution in [3.63, 3.8) is 0 Å². The first kappa shape index (κ1) is 15.4. The monoisotopic (exact) mass is 352 g/mol. The van der Waals surface area contributed by atoms with Gasteiger partial charge in [0.2, 0.25) is 0 Å². The second-order valence-corrected chi connectivity index (χ2v) is 6.03. The Morgan fingerprint density at radius 1 is 1.20 bits per heavy atom. The van der Waals surface area contributed by atoms with Crippen molar-refractivity contribution in [1.82, 2.24) is 0 Å². The summed E-state index contributed by atoms with van der Waals surface area (Å²) in [4.78, 5) is 2.15. The van der Waals surface area contributed by atoms with Crippen molar-refractivity contribution < 1.29 is 0 Å². The Hall–Kier alpha value is -1.03. The number of halogens is 2.